The first-order valence-corrected chi connectivity index (χ1v) is 11.3. The van der Waals surface area contributed by atoms with Gasteiger partial charge in [0.15, 0.2) is 0 Å². The number of hydrogen-bond acceptors (Lipinski definition) is 4. The van der Waals surface area contributed by atoms with Crippen molar-refractivity contribution in [3.8, 4) is 11.5 Å². The Morgan fingerprint density at radius 2 is 1.82 bits per heavy atom. The first-order valence-electron chi connectivity index (χ1n) is 11.3. The van der Waals surface area contributed by atoms with E-state index in [1.165, 1.54) is 0 Å². The zero-order valence-electron chi connectivity index (χ0n) is 19.5. The molecule has 1 heterocycles. The summed E-state index contributed by atoms with van der Waals surface area (Å²) in [6.07, 6.45) is 2.28. The molecule has 6 heteroatoms. The molecule has 176 valence electrons. The first-order chi connectivity index (χ1) is 16.7. The molecule has 0 spiro atoms. The van der Waals surface area contributed by atoms with Gasteiger partial charge in [-0.1, -0.05) is 42.5 Å². The number of fused-ring (bicyclic) bond motifs is 1. The predicted molar refractivity (Wildman–Crippen MR) is 133 cm³/mol. The molecule has 4 rings (SSSR count). The Labute approximate surface area is 199 Å². The van der Waals surface area contributed by atoms with Crippen LogP contribution in [-0.4, -0.2) is 38.3 Å². The fourth-order valence-corrected chi connectivity index (χ4v) is 4.06. The maximum absolute atomic E-state index is 12.8. The minimum absolute atomic E-state index is 0.0325. The number of rotatable bonds is 11. The van der Waals surface area contributed by atoms with Gasteiger partial charge >= 0.3 is 0 Å². The van der Waals surface area contributed by atoms with Crippen LogP contribution in [0.3, 0.4) is 0 Å². The van der Waals surface area contributed by atoms with E-state index in [0.717, 1.165) is 39.1 Å². The average Bonchev–Trinajstić information content (AvgIpc) is 3.30. The zero-order valence-corrected chi connectivity index (χ0v) is 19.5. The fraction of sp³-hybridized carbons (Fsp3) is 0.250. The van der Waals surface area contributed by atoms with Crippen LogP contribution in [0, 0.1) is 0 Å². The Kier molecular flexibility index (Phi) is 7.83. The van der Waals surface area contributed by atoms with Crippen LogP contribution in [0.25, 0.3) is 10.9 Å². The van der Waals surface area contributed by atoms with E-state index in [0.29, 0.717) is 26.2 Å². The van der Waals surface area contributed by atoms with Crippen LogP contribution in [0.4, 0.5) is 0 Å². The normalized spacial score (nSPS) is 11.8. The molecule has 0 aliphatic carbocycles. The van der Waals surface area contributed by atoms with E-state index in [1.54, 1.807) is 14.2 Å². The monoisotopic (exact) mass is 458 g/mol. The number of methoxy groups -OCH3 is 2. The molecule has 3 aromatic carbocycles. The van der Waals surface area contributed by atoms with E-state index < -0.39 is 0 Å². The van der Waals surface area contributed by atoms with Gasteiger partial charge in [-0.25, -0.2) is 0 Å². The van der Waals surface area contributed by atoms with Crippen LogP contribution < -0.4 is 14.8 Å². The Bertz CT molecular complexity index is 1220. The number of H-pyrrole nitrogens is 1. The molecule has 4 aromatic rings. The van der Waals surface area contributed by atoms with Gasteiger partial charge in [0, 0.05) is 43.1 Å². The van der Waals surface area contributed by atoms with Crippen LogP contribution in [0.1, 0.15) is 29.0 Å². The minimum atomic E-state index is -0.163. The second-order valence-corrected chi connectivity index (χ2v) is 8.10. The van der Waals surface area contributed by atoms with Crippen molar-refractivity contribution in [2.24, 2.45) is 0 Å². The van der Waals surface area contributed by atoms with Crippen molar-refractivity contribution >= 4 is 16.8 Å². The van der Waals surface area contributed by atoms with Crippen LogP contribution in [0.15, 0.2) is 79.0 Å². The number of amides is 1. The molecule has 0 bridgehead atoms. The quantitative estimate of drug-likeness (QED) is 0.309. The molecule has 0 aliphatic rings. The standard InChI is InChI=1S/C28H30N2O4/c1-32-14-13-29-28(31)17-24(26-18-30-27-12-11-22(33-2)16-25(26)27)21-9-6-10-23(15-21)34-19-20-7-4-3-5-8-20/h3-12,15-16,18,24,30H,13-14,17,19H2,1-2H3,(H,29,31). The highest BCUT2D eigenvalue weighted by molar-refractivity contribution is 5.87. The highest BCUT2D eigenvalue weighted by Crippen LogP contribution is 2.36. The van der Waals surface area contributed by atoms with Crippen molar-refractivity contribution in [2.75, 3.05) is 27.4 Å². The van der Waals surface area contributed by atoms with Crippen molar-refractivity contribution < 1.29 is 19.0 Å². The molecule has 1 unspecified atom stereocenters. The number of aromatic nitrogens is 1. The van der Waals surface area contributed by atoms with Crippen molar-refractivity contribution in [1.29, 1.82) is 0 Å². The summed E-state index contributed by atoms with van der Waals surface area (Å²) in [7, 11) is 3.27. The van der Waals surface area contributed by atoms with E-state index in [1.807, 2.05) is 79.0 Å². The summed E-state index contributed by atoms with van der Waals surface area (Å²) < 4.78 is 16.6. The van der Waals surface area contributed by atoms with Crippen LogP contribution in [0.5, 0.6) is 11.5 Å². The fourth-order valence-electron chi connectivity index (χ4n) is 4.06. The van der Waals surface area contributed by atoms with Gasteiger partial charge in [0.05, 0.1) is 13.7 Å². The summed E-state index contributed by atoms with van der Waals surface area (Å²) in [5, 5.41) is 3.98. The molecule has 0 radical (unpaired) electrons. The summed E-state index contributed by atoms with van der Waals surface area (Å²) in [5.41, 5.74) is 4.15. The molecule has 0 fully saturated rings. The lowest BCUT2D eigenvalue weighted by Gasteiger charge is -2.18. The Hall–Kier alpha value is -3.77. The molecular weight excluding hydrogens is 428 g/mol. The molecule has 34 heavy (non-hydrogen) atoms. The van der Waals surface area contributed by atoms with Crippen molar-refractivity contribution in [1.82, 2.24) is 10.3 Å². The second kappa shape index (κ2) is 11.4. The third-order valence-electron chi connectivity index (χ3n) is 5.82. The molecule has 1 aromatic heterocycles. The molecule has 6 nitrogen and oxygen atoms in total. The van der Waals surface area contributed by atoms with Gasteiger partial charge < -0.3 is 24.5 Å². The van der Waals surface area contributed by atoms with Crippen molar-refractivity contribution in [3.05, 3.63) is 95.7 Å². The van der Waals surface area contributed by atoms with Crippen molar-refractivity contribution in [2.45, 2.75) is 18.9 Å². The van der Waals surface area contributed by atoms with Gasteiger partial charge in [0.2, 0.25) is 5.91 Å². The Morgan fingerprint density at radius 1 is 0.971 bits per heavy atom. The molecule has 2 N–H and O–H groups in total. The van der Waals surface area contributed by atoms with Crippen LogP contribution in [0.2, 0.25) is 0 Å². The van der Waals surface area contributed by atoms with Crippen LogP contribution in [-0.2, 0) is 16.1 Å². The number of aromatic amines is 1. The average molecular weight is 459 g/mol. The maximum atomic E-state index is 12.8. The van der Waals surface area contributed by atoms with Crippen molar-refractivity contribution in [3.63, 3.8) is 0 Å². The third kappa shape index (κ3) is 5.77. The zero-order chi connectivity index (χ0) is 23.8. The number of carbonyl (C=O) groups is 1. The number of benzene rings is 3. The lowest BCUT2D eigenvalue weighted by molar-refractivity contribution is -0.121. The van der Waals surface area contributed by atoms with Crippen LogP contribution >= 0.6 is 0 Å². The highest BCUT2D eigenvalue weighted by atomic mass is 16.5. The Balaban J connectivity index is 1.64. The molecule has 0 aliphatic heterocycles. The van der Waals surface area contributed by atoms with E-state index in [-0.39, 0.29) is 11.8 Å². The summed E-state index contributed by atoms with van der Waals surface area (Å²) in [6.45, 7) is 1.43. The lowest BCUT2D eigenvalue weighted by Crippen LogP contribution is -2.28. The molecule has 0 saturated carbocycles. The summed E-state index contributed by atoms with van der Waals surface area (Å²) >= 11 is 0. The van der Waals surface area contributed by atoms with Gasteiger partial charge in [-0.15, -0.1) is 0 Å². The largest absolute Gasteiger partial charge is 0.497 e. The van der Waals surface area contributed by atoms with Gasteiger partial charge in [-0.3, -0.25) is 4.79 Å². The predicted octanol–water partition coefficient (Wildman–Crippen LogP) is 5.04. The topological polar surface area (TPSA) is 72.6 Å². The summed E-state index contributed by atoms with van der Waals surface area (Å²) in [5.74, 6) is 1.35. The summed E-state index contributed by atoms with van der Waals surface area (Å²) in [6, 6.07) is 24.0. The minimum Gasteiger partial charge on any atom is -0.497 e. The molecule has 1 amide bonds. The highest BCUT2D eigenvalue weighted by Gasteiger charge is 2.22. The molecule has 0 saturated heterocycles. The third-order valence-corrected chi connectivity index (χ3v) is 5.82. The SMILES string of the molecule is COCCNC(=O)CC(c1cccc(OCc2ccccc2)c1)c1c[nH]c2ccc(OC)cc12. The van der Waals surface area contributed by atoms with E-state index >= 15 is 0 Å². The Morgan fingerprint density at radius 3 is 2.62 bits per heavy atom. The maximum Gasteiger partial charge on any atom is 0.221 e. The second-order valence-electron chi connectivity index (χ2n) is 8.10. The van der Waals surface area contributed by atoms with E-state index in [4.69, 9.17) is 14.2 Å². The van der Waals surface area contributed by atoms with Gasteiger partial charge in [0.1, 0.15) is 18.1 Å². The number of ether oxygens (including phenoxy) is 3. The summed E-state index contributed by atoms with van der Waals surface area (Å²) in [4.78, 5) is 16.2. The first kappa shape index (κ1) is 23.4. The number of hydrogen-bond donors (Lipinski definition) is 2. The molecular formula is C28H30N2O4. The van der Waals surface area contributed by atoms with E-state index in [2.05, 4.69) is 10.3 Å². The number of carbonyl (C=O) groups excluding carboxylic acids is 1. The van der Waals surface area contributed by atoms with Gasteiger partial charge in [-0.2, -0.15) is 0 Å². The van der Waals surface area contributed by atoms with Gasteiger partial charge in [0.25, 0.3) is 0 Å². The number of nitrogens with one attached hydrogen (secondary N) is 2. The van der Waals surface area contributed by atoms with Gasteiger partial charge in [-0.05, 0) is 47.0 Å². The smallest absolute Gasteiger partial charge is 0.221 e. The molecule has 1 atom stereocenters. The van der Waals surface area contributed by atoms with E-state index in [9.17, 15) is 4.79 Å². The lowest BCUT2D eigenvalue weighted by atomic mass is 9.87.